The van der Waals surface area contributed by atoms with E-state index >= 15 is 0 Å². The number of ether oxygens (including phenoxy) is 1. The van der Waals surface area contributed by atoms with Crippen LogP contribution in [0.4, 0.5) is 24.3 Å². The number of nitrogens with two attached hydrogens (primary N) is 1. The highest BCUT2D eigenvalue weighted by molar-refractivity contribution is 7.22. The van der Waals surface area contributed by atoms with Crippen LogP contribution in [0.3, 0.4) is 0 Å². The van der Waals surface area contributed by atoms with E-state index < -0.39 is 18.2 Å². The Morgan fingerprint density at radius 1 is 1.24 bits per heavy atom. The van der Waals surface area contributed by atoms with Gasteiger partial charge in [0.25, 0.3) is 0 Å². The zero-order valence-electron chi connectivity index (χ0n) is 17.4. The Kier molecular flexibility index (Phi) is 6.13. The molecule has 0 aliphatic rings. The maximum Gasteiger partial charge on any atom is 0.573 e. The molecule has 4 N–H and O–H groups in total. The predicted octanol–water partition coefficient (Wildman–Crippen LogP) is 4.17. The number of alkyl halides is 3. The quantitative estimate of drug-likeness (QED) is 0.350. The fourth-order valence-corrected chi connectivity index (χ4v) is 4.45. The van der Waals surface area contributed by atoms with Crippen LogP contribution >= 0.6 is 11.3 Å². The zero-order chi connectivity index (χ0) is 23.8. The second-order valence-corrected chi connectivity index (χ2v) is 8.42. The molecule has 0 spiro atoms. The molecule has 12 heteroatoms. The van der Waals surface area contributed by atoms with Crippen molar-refractivity contribution in [2.45, 2.75) is 25.1 Å². The highest BCUT2D eigenvalue weighted by atomic mass is 32.1. The summed E-state index contributed by atoms with van der Waals surface area (Å²) in [6.07, 6.45) is -3.88. The smallest absolute Gasteiger partial charge is 0.406 e. The van der Waals surface area contributed by atoms with Crippen molar-refractivity contribution in [1.29, 1.82) is 0 Å². The zero-order valence-corrected chi connectivity index (χ0v) is 18.2. The van der Waals surface area contributed by atoms with Crippen LogP contribution in [0.2, 0.25) is 0 Å². The molecular formula is C21H20F3N5O3S. The number of rotatable bonds is 8. The van der Waals surface area contributed by atoms with E-state index in [9.17, 15) is 18.0 Å². The Morgan fingerprint density at radius 3 is 2.73 bits per heavy atom. The number of fused-ring (bicyclic) bond motifs is 2. The van der Waals surface area contributed by atoms with Crippen molar-refractivity contribution in [2.24, 2.45) is 12.8 Å². The molecule has 8 nitrogen and oxygen atoms in total. The number of anilines is 2. The lowest BCUT2D eigenvalue weighted by atomic mass is 9.93. The SMILES string of the molecule is Cn1c(Nc2nc3ccc(OC(F)(F)F)cc3s2)nc2cc(C(CCCO)C(N)=O)ccc21. The Morgan fingerprint density at radius 2 is 2.03 bits per heavy atom. The molecule has 0 saturated carbocycles. The van der Waals surface area contributed by atoms with Crippen molar-refractivity contribution in [2.75, 3.05) is 11.9 Å². The van der Waals surface area contributed by atoms with Crippen LogP contribution in [-0.2, 0) is 11.8 Å². The average molecular weight is 479 g/mol. The number of aromatic nitrogens is 3. The molecule has 1 amide bonds. The number of hydrogen-bond donors (Lipinski definition) is 3. The monoisotopic (exact) mass is 479 g/mol. The molecule has 33 heavy (non-hydrogen) atoms. The van der Waals surface area contributed by atoms with Gasteiger partial charge in [-0.2, -0.15) is 0 Å². The number of aliphatic hydroxyl groups excluding tert-OH is 1. The first-order valence-corrected chi connectivity index (χ1v) is 10.8. The van der Waals surface area contributed by atoms with E-state index in [2.05, 4.69) is 20.0 Å². The number of nitrogens with one attached hydrogen (secondary N) is 1. The number of thiazole rings is 1. The van der Waals surface area contributed by atoms with Crippen LogP contribution in [0.5, 0.6) is 5.75 Å². The van der Waals surface area contributed by atoms with Gasteiger partial charge in [0.1, 0.15) is 5.75 Å². The van der Waals surface area contributed by atoms with Crippen molar-refractivity contribution in [3.63, 3.8) is 0 Å². The third-order valence-corrected chi connectivity index (χ3v) is 6.05. The summed E-state index contributed by atoms with van der Waals surface area (Å²) in [5, 5.41) is 12.6. The molecule has 4 rings (SSSR count). The molecule has 174 valence electrons. The molecule has 2 aromatic carbocycles. The standard InChI is InChI=1S/C21H20F3N5O3S/c1-29-16-7-4-11(13(18(25)31)3-2-8-30)9-15(16)26-19(29)28-20-27-14-6-5-12(10-17(14)33-20)32-21(22,23)24/h4-7,9-10,13,30H,2-3,8H2,1H3,(H2,25,31)(H,26,27,28). The van der Waals surface area contributed by atoms with Gasteiger partial charge in [0.2, 0.25) is 11.9 Å². The van der Waals surface area contributed by atoms with E-state index in [-0.39, 0.29) is 12.4 Å². The Labute approximate surface area is 189 Å². The first kappa shape index (κ1) is 22.8. The second kappa shape index (κ2) is 8.87. The minimum Gasteiger partial charge on any atom is -0.406 e. The Bertz CT molecular complexity index is 1320. The second-order valence-electron chi connectivity index (χ2n) is 7.38. The van der Waals surface area contributed by atoms with Crippen molar-refractivity contribution < 1.29 is 27.8 Å². The number of nitrogens with zero attached hydrogens (tertiary/aromatic N) is 3. The first-order valence-electron chi connectivity index (χ1n) is 9.94. The number of imidazole rings is 1. The summed E-state index contributed by atoms with van der Waals surface area (Å²) >= 11 is 1.16. The molecule has 1 atom stereocenters. The summed E-state index contributed by atoms with van der Waals surface area (Å²) in [5.74, 6) is -0.845. The number of carbonyl (C=O) groups is 1. The van der Waals surface area contributed by atoms with E-state index in [0.29, 0.717) is 45.2 Å². The van der Waals surface area contributed by atoms with Crippen LogP contribution in [0.1, 0.15) is 24.3 Å². The van der Waals surface area contributed by atoms with Gasteiger partial charge >= 0.3 is 6.36 Å². The molecule has 2 heterocycles. The van der Waals surface area contributed by atoms with Crippen molar-refractivity contribution in [3.05, 3.63) is 42.0 Å². The molecule has 2 aromatic heterocycles. The minimum atomic E-state index is -4.77. The molecule has 0 saturated heterocycles. The summed E-state index contributed by atoms with van der Waals surface area (Å²) in [4.78, 5) is 20.8. The number of benzene rings is 2. The largest absolute Gasteiger partial charge is 0.573 e. The average Bonchev–Trinajstić information content (AvgIpc) is 3.27. The van der Waals surface area contributed by atoms with Gasteiger partial charge in [-0.25, -0.2) is 9.97 Å². The number of halogens is 3. The molecule has 1 unspecified atom stereocenters. The van der Waals surface area contributed by atoms with Gasteiger partial charge in [0, 0.05) is 19.7 Å². The lowest BCUT2D eigenvalue weighted by molar-refractivity contribution is -0.274. The van der Waals surface area contributed by atoms with Gasteiger partial charge in [-0.3, -0.25) is 4.79 Å². The van der Waals surface area contributed by atoms with Crippen molar-refractivity contribution >= 4 is 49.6 Å². The van der Waals surface area contributed by atoms with Gasteiger partial charge in [-0.05, 0) is 42.7 Å². The van der Waals surface area contributed by atoms with E-state index in [1.165, 1.54) is 18.2 Å². The van der Waals surface area contributed by atoms with Gasteiger partial charge < -0.3 is 25.5 Å². The summed E-state index contributed by atoms with van der Waals surface area (Å²) in [7, 11) is 1.80. The van der Waals surface area contributed by atoms with Gasteiger partial charge in [-0.1, -0.05) is 17.4 Å². The normalized spacial score (nSPS) is 12.9. The van der Waals surface area contributed by atoms with Crippen LogP contribution < -0.4 is 15.8 Å². The fraction of sp³-hybridized carbons (Fsp3) is 0.286. The van der Waals surface area contributed by atoms with Gasteiger partial charge in [0.15, 0.2) is 5.13 Å². The van der Waals surface area contributed by atoms with E-state index in [1.807, 2.05) is 6.07 Å². The summed E-state index contributed by atoms with van der Waals surface area (Å²) in [6, 6.07) is 9.37. The molecule has 0 aliphatic heterocycles. The molecule has 0 bridgehead atoms. The maximum absolute atomic E-state index is 12.5. The molecule has 0 radical (unpaired) electrons. The van der Waals surface area contributed by atoms with Crippen molar-refractivity contribution in [1.82, 2.24) is 14.5 Å². The molecule has 4 aromatic rings. The molecular weight excluding hydrogens is 459 g/mol. The summed E-state index contributed by atoms with van der Waals surface area (Å²) in [6.45, 7) is -0.0321. The van der Waals surface area contributed by atoms with Crippen LogP contribution in [0.25, 0.3) is 21.3 Å². The Balaban J connectivity index is 1.61. The number of hydrogen-bond acceptors (Lipinski definition) is 7. The van der Waals surface area contributed by atoms with E-state index in [1.54, 1.807) is 23.7 Å². The number of carbonyl (C=O) groups excluding carboxylic acids is 1. The topological polar surface area (TPSA) is 115 Å². The number of aliphatic hydroxyl groups is 1. The third-order valence-electron chi connectivity index (χ3n) is 5.11. The summed E-state index contributed by atoms with van der Waals surface area (Å²) in [5.41, 5.74) is 8.20. The Hall–Kier alpha value is -3.38. The van der Waals surface area contributed by atoms with Crippen LogP contribution in [-0.4, -0.2) is 38.5 Å². The van der Waals surface area contributed by atoms with Gasteiger partial charge in [-0.15, -0.1) is 13.2 Å². The predicted molar refractivity (Wildman–Crippen MR) is 119 cm³/mol. The lowest BCUT2D eigenvalue weighted by Crippen LogP contribution is -2.21. The highest BCUT2D eigenvalue weighted by Crippen LogP contribution is 2.33. The lowest BCUT2D eigenvalue weighted by Gasteiger charge is -2.13. The third kappa shape index (κ3) is 5.01. The van der Waals surface area contributed by atoms with Gasteiger partial charge in [0.05, 0.1) is 27.2 Å². The fourth-order valence-electron chi connectivity index (χ4n) is 3.57. The van der Waals surface area contributed by atoms with E-state index in [4.69, 9.17) is 10.8 Å². The van der Waals surface area contributed by atoms with Crippen LogP contribution in [0.15, 0.2) is 36.4 Å². The maximum atomic E-state index is 12.5. The molecule has 0 aliphatic carbocycles. The number of aryl methyl sites for hydroxylation is 1. The number of amides is 1. The first-order chi connectivity index (χ1) is 15.6. The van der Waals surface area contributed by atoms with E-state index in [0.717, 1.165) is 16.9 Å². The van der Waals surface area contributed by atoms with Crippen molar-refractivity contribution in [3.8, 4) is 5.75 Å². The highest BCUT2D eigenvalue weighted by Gasteiger charge is 2.31. The number of primary amides is 1. The molecule has 0 fully saturated rings. The summed E-state index contributed by atoms with van der Waals surface area (Å²) < 4.78 is 43.7. The minimum absolute atomic E-state index is 0.0321. The van der Waals surface area contributed by atoms with Crippen LogP contribution in [0, 0.1) is 0 Å².